The number of nitrogens with one attached hydrogen (secondary N) is 1. The van der Waals surface area contributed by atoms with Gasteiger partial charge in [-0.25, -0.2) is 0 Å². The van der Waals surface area contributed by atoms with Crippen molar-refractivity contribution in [3.63, 3.8) is 0 Å². The Morgan fingerprint density at radius 1 is 1.26 bits per heavy atom. The second-order valence-corrected chi connectivity index (χ2v) is 5.73. The maximum Gasteiger partial charge on any atom is 0.258 e. The van der Waals surface area contributed by atoms with E-state index in [1.54, 1.807) is 0 Å². The molecule has 0 aromatic heterocycles. The van der Waals surface area contributed by atoms with Crippen molar-refractivity contribution in [2.75, 3.05) is 52.6 Å². The molecule has 1 heterocycles. The first-order valence-corrected chi connectivity index (χ1v) is 8.25. The molecule has 6 nitrogen and oxygen atoms in total. The van der Waals surface area contributed by atoms with Crippen LogP contribution in [0.2, 0.25) is 0 Å². The molecular weight excluding hydrogens is 294 g/mol. The Bertz CT molecular complexity index is 488. The third kappa shape index (κ3) is 6.17. The molecule has 0 saturated carbocycles. The number of aliphatic hydroxyl groups is 1. The monoisotopic (exact) mass is 321 g/mol. The zero-order chi connectivity index (χ0) is 16.5. The Balaban J connectivity index is 1.63. The number of hydrogen-bond acceptors (Lipinski definition) is 5. The van der Waals surface area contributed by atoms with Crippen LogP contribution in [0.15, 0.2) is 24.3 Å². The highest BCUT2D eigenvalue weighted by molar-refractivity contribution is 5.77. The van der Waals surface area contributed by atoms with E-state index in [1.165, 1.54) is 5.56 Å². The summed E-state index contributed by atoms with van der Waals surface area (Å²) in [6.07, 6.45) is 0.950. The van der Waals surface area contributed by atoms with Gasteiger partial charge in [0.2, 0.25) is 0 Å². The summed E-state index contributed by atoms with van der Waals surface area (Å²) >= 11 is 0. The van der Waals surface area contributed by atoms with Gasteiger partial charge < -0.3 is 15.2 Å². The molecular formula is C17H27N3O3. The SMILES string of the molecule is CCc1cccc(OCC(=O)NCN2CCN(CCO)CC2)c1. The van der Waals surface area contributed by atoms with E-state index >= 15 is 0 Å². The van der Waals surface area contributed by atoms with Crippen LogP contribution in [0.4, 0.5) is 0 Å². The van der Waals surface area contributed by atoms with Crippen LogP contribution in [-0.2, 0) is 11.2 Å². The van der Waals surface area contributed by atoms with Gasteiger partial charge in [0, 0.05) is 32.7 Å². The Kier molecular flexibility index (Phi) is 7.32. The van der Waals surface area contributed by atoms with E-state index in [0.717, 1.165) is 44.9 Å². The molecule has 2 N–H and O–H groups in total. The summed E-state index contributed by atoms with van der Waals surface area (Å²) < 4.78 is 5.53. The van der Waals surface area contributed by atoms with Crippen molar-refractivity contribution in [3.05, 3.63) is 29.8 Å². The van der Waals surface area contributed by atoms with Crippen LogP contribution in [0.1, 0.15) is 12.5 Å². The maximum absolute atomic E-state index is 11.9. The normalized spacial score (nSPS) is 16.3. The number of rotatable bonds is 8. The number of carbonyl (C=O) groups is 1. The lowest BCUT2D eigenvalue weighted by Crippen LogP contribution is -2.50. The molecule has 0 aliphatic carbocycles. The fourth-order valence-corrected chi connectivity index (χ4v) is 2.57. The largest absolute Gasteiger partial charge is 0.484 e. The first-order chi connectivity index (χ1) is 11.2. The lowest BCUT2D eigenvalue weighted by atomic mass is 10.2. The third-order valence-electron chi connectivity index (χ3n) is 4.06. The molecule has 1 aliphatic rings. The van der Waals surface area contributed by atoms with Crippen molar-refractivity contribution in [1.82, 2.24) is 15.1 Å². The lowest BCUT2D eigenvalue weighted by molar-refractivity contribution is -0.123. The molecule has 0 radical (unpaired) electrons. The van der Waals surface area contributed by atoms with Crippen LogP contribution in [0.25, 0.3) is 0 Å². The van der Waals surface area contributed by atoms with Crippen LogP contribution in [0, 0.1) is 0 Å². The first-order valence-electron chi connectivity index (χ1n) is 8.25. The number of aliphatic hydroxyl groups excluding tert-OH is 1. The molecule has 0 spiro atoms. The number of carbonyl (C=O) groups excluding carboxylic acids is 1. The molecule has 1 aromatic rings. The highest BCUT2D eigenvalue weighted by Gasteiger charge is 2.16. The van der Waals surface area contributed by atoms with Crippen LogP contribution in [0.3, 0.4) is 0 Å². The van der Waals surface area contributed by atoms with Gasteiger partial charge in [0.15, 0.2) is 6.61 Å². The lowest BCUT2D eigenvalue weighted by Gasteiger charge is -2.34. The number of benzene rings is 1. The second kappa shape index (κ2) is 9.50. The van der Waals surface area contributed by atoms with E-state index in [9.17, 15) is 4.79 Å². The number of aryl methyl sites for hydroxylation is 1. The molecule has 23 heavy (non-hydrogen) atoms. The average molecular weight is 321 g/mol. The third-order valence-corrected chi connectivity index (χ3v) is 4.06. The van der Waals surface area contributed by atoms with Crippen molar-refractivity contribution in [3.8, 4) is 5.75 Å². The number of nitrogens with zero attached hydrogens (tertiary/aromatic N) is 2. The number of amides is 1. The molecule has 128 valence electrons. The van der Waals surface area contributed by atoms with E-state index in [-0.39, 0.29) is 19.1 Å². The fourth-order valence-electron chi connectivity index (χ4n) is 2.57. The van der Waals surface area contributed by atoms with Crippen molar-refractivity contribution in [2.24, 2.45) is 0 Å². The summed E-state index contributed by atoms with van der Waals surface area (Å²) in [4.78, 5) is 16.3. The minimum Gasteiger partial charge on any atom is -0.484 e. The van der Waals surface area contributed by atoms with Gasteiger partial charge in [-0.05, 0) is 24.1 Å². The second-order valence-electron chi connectivity index (χ2n) is 5.73. The number of ether oxygens (including phenoxy) is 1. The van der Waals surface area contributed by atoms with Gasteiger partial charge in [-0.2, -0.15) is 0 Å². The molecule has 2 rings (SSSR count). The quantitative estimate of drug-likeness (QED) is 0.721. The summed E-state index contributed by atoms with van der Waals surface area (Å²) in [6.45, 7) is 7.26. The Morgan fingerprint density at radius 3 is 2.70 bits per heavy atom. The molecule has 0 unspecified atom stereocenters. The van der Waals surface area contributed by atoms with E-state index < -0.39 is 0 Å². The number of piperazine rings is 1. The van der Waals surface area contributed by atoms with Crippen LogP contribution in [-0.4, -0.2) is 73.4 Å². The predicted molar refractivity (Wildman–Crippen MR) is 89.4 cm³/mol. The van der Waals surface area contributed by atoms with Gasteiger partial charge >= 0.3 is 0 Å². The van der Waals surface area contributed by atoms with Gasteiger partial charge in [0.05, 0.1) is 13.3 Å². The maximum atomic E-state index is 11.9. The predicted octanol–water partition coefficient (Wildman–Crippen LogP) is 0.311. The van der Waals surface area contributed by atoms with Crippen molar-refractivity contribution >= 4 is 5.91 Å². The van der Waals surface area contributed by atoms with Gasteiger partial charge in [0.25, 0.3) is 5.91 Å². The molecule has 1 amide bonds. The van der Waals surface area contributed by atoms with E-state index in [0.29, 0.717) is 6.67 Å². The fraction of sp³-hybridized carbons (Fsp3) is 0.588. The van der Waals surface area contributed by atoms with Crippen molar-refractivity contribution < 1.29 is 14.6 Å². The molecule has 0 bridgehead atoms. The summed E-state index contributed by atoms with van der Waals surface area (Å²) in [5.41, 5.74) is 1.20. The Labute approximate surface area is 138 Å². The number of β-amino-alcohol motifs (C(OH)–C–C–N with tert-alkyl or cyclic N) is 1. The summed E-state index contributed by atoms with van der Waals surface area (Å²) in [6, 6.07) is 7.82. The minimum absolute atomic E-state index is 0.0393. The van der Waals surface area contributed by atoms with E-state index in [1.807, 2.05) is 24.3 Å². The number of hydrogen-bond donors (Lipinski definition) is 2. The zero-order valence-corrected chi connectivity index (χ0v) is 13.8. The van der Waals surface area contributed by atoms with Crippen molar-refractivity contribution in [1.29, 1.82) is 0 Å². The van der Waals surface area contributed by atoms with Crippen LogP contribution >= 0.6 is 0 Å². The standard InChI is InChI=1S/C17H27N3O3/c1-2-15-4-3-5-16(12-15)23-13-17(22)18-14-20-8-6-19(7-9-20)10-11-21/h3-5,12,21H,2,6-11,13-14H2,1H3,(H,18,22). The molecule has 1 aliphatic heterocycles. The van der Waals surface area contributed by atoms with Gasteiger partial charge in [-0.15, -0.1) is 0 Å². The Hall–Kier alpha value is -1.63. The molecule has 1 saturated heterocycles. The van der Waals surface area contributed by atoms with Crippen LogP contribution < -0.4 is 10.1 Å². The summed E-state index contributed by atoms with van der Waals surface area (Å²) in [7, 11) is 0. The molecule has 1 aromatic carbocycles. The van der Waals surface area contributed by atoms with Gasteiger partial charge in [-0.3, -0.25) is 14.6 Å². The molecule has 6 heteroatoms. The van der Waals surface area contributed by atoms with Crippen molar-refractivity contribution in [2.45, 2.75) is 13.3 Å². The first kappa shape index (κ1) is 17.7. The molecule has 1 fully saturated rings. The van der Waals surface area contributed by atoms with Crippen LogP contribution in [0.5, 0.6) is 5.75 Å². The van der Waals surface area contributed by atoms with E-state index in [2.05, 4.69) is 22.0 Å². The van der Waals surface area contributed by atoms with E-state index in [4.69, 9.17) is 9.84 Å². The molecule has 0 atom stereocenters. The smallest absolute Gasteiger partial charge is 0.258 e. The van der Waals surface area contributed by atoms with Gasteiger partial charge in [-0.1, -0.05) is 19.1 Å². The highest BCUT2D eigenvalue weighted by atomic mass is 16.5. The minimum atomic E-state index is -0.107. The highest BCUT2D eigenvalue weighted by Crippen LogP contribution is 2.13. The average Bonchev–Trinajstić information content (AvgIpc) is 2.60. The Morgan fingerprint density at radius 2 is 2.00 bits per heavy atom. The van der Waals surface area contributed by atoms with Gasteiger partial charge in [0.1, 0.15) is 5.75 Å². The summed E-state index contributed by atoms with van der Waals surface area (Å²) in [5, 5.41) is 11.8. The zero-order valence-electron chi connectivity index (χ0n) is 13.8. The summed E-state index contributed by atoms with van der Waals surface area (Å²) in [5.74, 6) is 0.627. The topological polar surface area (TPSA) is 65.0 Å².